The minimum Gasteiger partial charge on any atom is -0.370 e. The molecule has 5 heteroatoms. The number of hydrogen-bond acceptors (Lipinski definition) is 3. The summed E-state index contributed by atoms with van der Waals surface area (Å²) in [6, 6.07) is 30.4. The molecule has 0 aliphatic rings. The van der Waals surface area contributed by atoms with Crippen molar-refractivity contribution in [2.45, 2.75) is 18.0 Å². The van der Waals surface area contributed by atoms with Crippen LogP contribution in [0, 0.1) is 0 Å². The molecular weight excluding hydrogens is 372 g/mol. The van der Waals surface area contributed by atoms with Crippen LogP contribution < -0.4 is 11.5 Å². The molecule has 1 amide bonds. The Kier molecular flexibility index (Phi) is 5.46. The van der Waals surface area contributed by atoms with Gasteiger partial charge in [-0.1, -0.05) is 91.0 Å². The van der Waals surface area contributed by atoms with Crippen LogP contribution in [-0.4, -0.2) is 15.5 Å². The first kappa shape index (κ1) is 19.6. The Hall–Kier alpha value is -3.70. The lowest BCUT2D eigenvalue weighted by Gasteiger charge is -2.37. The molecule has 4 rings (SSSR count). The van der Waals surface area contributed by atoms with E-state index in [1.807, 2.05) is 60.8 Å². The van der Waals surface area contributed by atoms with Gasteiger partial charge in [0.15, 0.2) is 0 Å². The van der Waals surface area contributed by atoms with E-state index in [4.69, 9.17) is 11.5 Å². The van der Waals surface area contributed by atoms with Gasteiger partial charge in [-0.25, -0.2) is 4.98 Å². The smallest absolute Gasteiger partial charge is 0.219 e. The summed E-state index contributed by atoms with van der Waals surface area (Å²) in [7, 11) is 0. The average molecular weight is 396 g/mol. The van der Waals surface area contributed by atoms with E-state index in [-0.39, 0.29) is 6.42 Å². The van der Waals surface area contributed by atoms with Gasteiger partial charge < -0.3 is 16.0 Å². The second-order valence-corrected chi connectivity index (χ2v) is 7.29. The van der Waals surface area contributed by atoms with Crippen LogP contribution in [-0.2, 0) is 10.3 Å². The predicted octanol–water partition coefficient (Wildman–Crippen LogP) is 3.60. The summed E-state index contributed by atoms with van der Waals surface area (Å²) in [4.78, 5) is 15.9. The van der Waals surface area contributed by atoms with E-state index in [1.165, 1.54) is 0 Å². The molecule has 0 bridgehead atoms. The number of primary amides is 1. The Morgan fingerprint density at radius 3 is 1.67 bits per heavy atom. The number of nitrogens with zero attached hydrogens (tertiary/aromatic N) is 2. The topological polar surface area (TPSA) is 86.9 Å². The molecule has 150 valence electrons. The summed E-state index contributed by atoms with van der Waals surface area (Å²) in [6.07, 6.45) is 3.75. The molecule has 0 aliphatic carbocycles. The van der Waals surface area contributed by atoms with Gasteiger partial charge >= 0.3 is 0 Å². The Bertz CT molecular complexity index is 1010. The van der Waals surface area contributed by atoms with Gasteiger partial charge in [0.25, 0.3) is 0 Å². The van der Waals surface area contributed by atoms with E-state index < -0.39 is 17.5 Å². The van der Waals surface area contributed by atoms with E-state index in [2.05, 4.69) is 45.9 Å². The van der Waals surface area contributed by atoms with Crippen LogP contribution in [0.5, 0.6) is 0 Å². The largest absolute Gasteiger partial charge is 0.370 e. The summed E-state index contributed by atoms with van der Waals surface area (Å²) >= 11 is 0. The number of amides is 1. The standard InChI is InChI=1S/C25H24N4O/c26-22(16-24(27)30)23-17-29(18-28-23)25(19-10-4-1-5-11-19,20-12-6-2-7-13-20)21-14-8-3-9-15-21/h1-15,17-18,22H,16,26H2,(H2,27,30). The van der Waals surface area contributed by atoms with Crippen molar-refractivity contribution in [2.75, 3.05) is 0 Å². The summed E-state index contributed by atoms with van der Waals surface area (Å²) < 4.78 is 2.07. The van der Waals surface area contributed by atoms with Gasteiger partial charge in [-0.15, -0.1) is 0 Å². The third-order valence-corrected chi connectivity index (χ3v) is 5.37. The number of nitrogens with two attached hydrogens (primary N) is 2. The van der Waals surface area contributed by atoms with Crippen LogP contribution in [0.2, 0.25) is 0 Å². The maximum absolute atomic E-state index is 11.4. The van der Waals surface area contributed by atoms with Crippen LogP contribution >= 0.6 is 0 Å². The number of aromatic nitrogens is 2. The van der Waals surface area contributed by atoms with E-state index in [9.17, 15) is 4.79 Å². The SMILES string of the molecule is NC(=O)CC(N)c1cn(C(c2ccccc2)(c2ccccc2)c2ccccc2)cn1. The second kappa shape index (κ2) is 8.35. The Balaban J connectivity index is 1.99. The van der Waals surface area contributed by atoms with E-state index in [0.29, 0.717) is 5.69 Å². The van der Waals surface area contributed by atoms with Crippen molar-refractivity contribution < 1.29 is 4.79 Å². The molecular formula is C25H24N4O. The summed E-state index contributed by atoms with van der Waals surface area (Å²) in [5.41, 5.74) is 14.8. The maximum Gasteiger partial charge on any atom is 0.219 e. The van der Waals surface area contributed by atoms with Crippen molar-refractivity contribution in [1.82, 2.24) is 9.55 Å². The van der Waals surface area contributed by atoms with Crippen molar-refractivity contribution in [3.8, 4) is 0 Å². The Labute approximate surface area is 176 Å². The zero-order valence-corrected chi connectivity index (χ0v) is 16.6. The molecule has 30 heavy (non-hydrogen) atoms. The van der Waals surface area contributed by atoms with Crippen molar-refractivity contribution in [3.05, 3.63) is 126 Å². The molecule has 1 atom stereocenters. The molecule has 0 aliphatic heterocycles. The van der Waals surface area contributed by atoms with Gasteiger partial charge in [-0.2, -0.15) is 0 Å². The van der Waals surface area contributed by atoms with E-state index in [1.54, 1.807) is 6.33 Å². The van der Waals surface area contributed by atoms with Gasteiger partial charge in [0.1, 0.15) is 5.54 Å². The molecule has 0 spiro atoms. The van der Waals surface area contributed by atoms with Crippen LogP contribution in [0.3, 0.4) is 0 Å². The summed E-state index contributed by atoms with van der Waals surface area (Å²) in [5, 5.41) is 0. The highest BCUT2D eigenvalue weighted by Crippen LogP contribution is 2.41. The van der Waals surface area contributed by atoms with Gasteiger partial charge in [0.2, 0.25) is 5.91 Å². The van der Waals surface area contributed by atoms with Gasteiger partial charge in [-0.3, -0.25) is 4.79 Å². The molecule has 0 radical (unpaired) electrons. The van der Waals surface area contributed by atoms with Crippen molar-refractivity contribution >= 4 is 5.91 Å². The predicted molar refractivity (Wildman–Crippen MR) is 118 cm³/mol. The number of hydrogen-bond donors (Lipinski definition) is 2. The van der Waals surface area contributed by atoms with Gasteiger partial charge in [0, 0.05) is 12.6 Å². The lowest BCUT2D eigenvalue weighted by atomic mass is 9.77. The number of benzene rings is 3. The highest BCUT2D eigenvalue weighted by Gasteiger charge is 2.38. The molecule has 1 unspecified atom stereocenters. The molecule has 0 fully saturated rings. The van der Waals surface area contributed by atoms with Crippen molar-refractivity contribution in [3.63, 3.8) is 0 Å². The number of rotatable bonds is 7. The van der Waals surface area contributed by atoms with Crippen LogP contribution in [0.1, 0.15) is 34.8 Å². The highest BCUT2D eigenvalue weighted by atomic mass is 16.1. The molecule has 4 aromatic rings. The number of imidazole rings is 1. The molecule has 4 N–H and O–H groups in total. The third-order valence-electron chi connectivity index (χ3n) is 5.37. The van der Waals surface area contributed by atoms with Crippen LogP contribution in [0.4, 0.5) is 0 Å². The lowest BCUT2D eigenvalue weighted by molar-refractivity contribution is -0.118. The minimum absolute atomic E-state index is 0.0476. The van der Waals surface area contributed by atoms with E-state index >= 15 is 0 Å². The second-order valence-electron chi connectivity index (χ2n) is 7.29. The van der Waals surface area contributed by atoms with Gasteiger partial charge in [0.05, 0.1) is 18.1 Å². The Morgan fingerprint density at radius 2 is 1.27 bits per heavy atom. The molecule has 0 saturated heterocycles. The quantitative estimate of drug-likeness (QED) is 0.468. The fraction of sp³-hybridized carbons (Fsp3) is 0.120. The first-order valence-corrected chi connectivity index (χ1v) is 9.87. The number of carbonyl (C=O) groups excluding carboxylic acids is 1. The molecule has 5 nitrogen and oxygen atoms in total. The maximum atomic E-state index is 11.4. The highest BCUT2D eigenvalue weighted by molar-refractivity contribution is 5.74. The Morgan fingerprint density at radius 1 is 0.833 bits per heavy atom. The first-order valence-electron chi connectivity index (χ1n) is 9.87. The molecule has 1 aromatic heterocycles. The van der Waals surface area contributed by atoms with Crippen molar-refractivity contribution in [1.29, 1.82) is 0 Å². The van der Waals surface area contributed by atoms with Crippen LogP contribution in [0.15, 0.2) is 104 Å². The molecule has 3 aromatic carbocycles. The molecule has 0 saturated carbocycles. The average Bonchev–Trinajstić information content (AvgIpc) is 3.27. The zero-order chi connectivity index (χ0) is 21.0. The van der Waals surface area contributed by atoms with Crippen LogP contribution in [0.25, 0.3) is 0 Å². The van der Waals surface area contributed by atoms with Gasteiger partial charge in [-0.05, 0) is 16.7 Å². The summed E-state index contributed by atoms with van der Waals surface area (Å²) in [6.45, 7) is 0. The zero-order valence-electron chi connectivity index (χ0n) is 16.6. The van der Waals surface area contributed by atoms with Crippen molar-refractivity contribution in [2.24, 2.45) is 11.5 Å². The monoisotopic (exact) mass is 396 g/mol. The lowest BCUT2D eigenvalue weighted by Crippen LogP contribution is -2.37. The van der Waals surface area contributed by atoms with E-state index in [0.717, 1.165) is 16.7 Å². The minimum atomic E-state index is -0.651. The summed E-state index contributed by atoms with van der Waals surface area (Å²) in [5.74, 6) is -0.447. The molecule has 1 heterocycles. The fourth-order valence-electron chi connectivity index (χ4n) is 4.02. The third kappa shape index (κ3) is 3.51. The number of carbonyl (C=O) groups is 1. The first-order chi connectivity index (χ1) is 14.6. The fourth-order valence-corrected chi connectivity index (χ4v) is 4.02. The normalized spacial score (nSPS) is 12.4.